The van der Waals surface area contributed by atoms with Crippen molar-refractivity contribution >= 4 is 43.0 Å². The molecule has 3 aromatic carbocycles. The first-order chi connectivity index (χ1) is 14.7. The van der Waals surface area contributed by atoms with Crippen LogP contribution in [0.4, 0.5) is 11.4 Å². The maximum absolute atomic E-state index is 12.7. The summed E-state index contributed by atoms with van der Waals surface area (Å²) in [6.07, 6.45) is 1.37. The molecule has 0 heterocycles. The summed E-state index contributed by atoms with van der Waals surface area (Å²) in [7, 11) is -3.78. The molecule has 160 valence electrons. The Morgan fingerprint density at radius 2 is 1.55 bits per heavy atom. The molecule has 0 radical (unpaired) electrons. The lowest BCUT2D eigenvalue weighted by molar-refractivity contribution is -0.384. The van der Waals surface area contributed by atoms with Gasteiger partial charge in [0.2, 0.25) is 0 Å². The van der Waals surface area contributed by atoms with Crippen molar-refractivity contribution in [3.63, 3.8) is 0 Å². The van der Waals surface area contributed by atoms with Gasteiger partial charge in [-0.05, 0) is 53.5 Å². The topological polar surface area (TPSA) is 101 Å². The van der Waals surface area contributed by atoms with Crippen molar-refractivity contribution in [3.8, 4) is 0 Å². The van der Waals surface area contributed by atoms with Gasteiger partial charge in [0.1, 0.15) is 0 Å². The van der Waals surface area contributed by atoms with Crippen LogP contribution < -0.4 is 10.0 Å². The smallest absolute Gasteiger partial charge is 0.270 e. The molecular weight excluding hydrogens is 482 g/mol. The standard InChI is InChI=1S/C22H20BrN3O4S/c1-15-3-7-17(8-4-15)22(25-21-12-9-18(26(27)28)13-20(21)23)14-24-31(29,30)19-10-5-16(2)6-11-19/h3-14,24-25H,1-2H3/b22-14-. The second-order valence-corrected chi connectivity index (χ2v) is 9.47. The molecular formula is C22H20BrN3O4S. The van der Waals surface area contributed by atoms with Crippen molar-refractivity contribution in [2.75, 3.05) is 5.32 Å². The Morgan fingerprint density at radius 1 is 0.968 bits per heavy atom. The van der Waals surface area contributed by atoms with E-state index in [9.17, 15) is 18.5 Å². The molecule has 0 aliphatic heterocycles. The van der Waals surface area contributed by atoms with Crippen molar-refractivity contribution < 1.29 is 13.3 Å². The number of sulfonamides is 1. The number of nitro benzene ring substituents is 1. The number of halogens is 1. The zero-order chi connectivity index (χ0) is 22.6. The van der Waals surface area contributed by atoms with E-state index in [4.69, 9.17) is 0 Å². The minimum absolute atomic E-state index is 0.0571. The molecule has 2 N–H and O–H groups in total. The maximum Gasteiger partial charge on any atom is 0.270 e. The molecule has 3 aromatic rings. The van der Waals surface area contributed by atoms with Crippen LogP contribution in [0.2, 0.25) is 0 Å². The van der Waals surface area contributed by atoms with E-state index in [2.05, 4.69) is 26.0 Å². The van der Waals surface area contributed by atoms with Crippen molar-refractivity contribution in [1.82, 2.24) is 4.72 Å². The van der Waals surface area contributed by atoms with E-state index in [1.54, 1.807) is 18.2 Å². The number of nitrogens with one attached hydrogen (secondary N) is 2. The molecule has 0 bridgehead atoms. The third-order valence-electron chi connectivity index (χ3n) is 4.49. The molecule has 31 heavy (non-hydrogen) atoms. The zero-order valence-electron chi connectivity index (χ0n) is 16.8. The third kappa shape index (κ3) is 5.71. The van der Waals surface area contributed by atoms with Gasteiger partial charge in [0.15, 0.2) is 0 Å². The number of aryl methyl sites for hydroxylation is 2. The highest BCUT2D eigenvalue weighted by molar-refractivity contribution is 9.10. The first-order valence-electron chi connectivity index (χ1n) is 9.23. The Labute approximate surface area is 189 Å². The lowest BCUT2D eigenvalue weighted by Gasteiger charge is -2.14. The van der Waals surface area contributed by atoms with E-state index < -0.39 is 14.9 Å². The molecule has 0 saturated carbocycles. The lowest BCUT2D eigenvalue weighted by Crippen LogP contribution is -2.19. The fraction of sp³-hybridized carbons (Fsp3) is 0.0909. The lowest BCUT2D eigenvalue weighted by atomic mass is 10.1. The summed E-state index contributed by atoms with van der Waals surface area (Å²) in [5.41, 5.74) is 3.72. The van der Waals surface area contributed by atoms with Crippen LogP contribution in [0.1, 0.15) is 16.7 Å². The average Bonchev–Trinajstić information content (AvgIpc) is 2.73. The number of anilines is 1. The fourth-order valence-electron chi connectivity index (χ4n) is 2.71. The second-order valence-electron chi connectivity index (χ2n) is 6.90. The van der Waals surface area contributed by atoms with Crippen LogP contribution in [0.25, 0.3) is 5.70 Å². The molecule has 0 aliphatic carbocycles. The Balaban J connectivity index is 1.96. The number of hydrogen-bond donors (Lipinski definition) is 2. The summed E-state index contributed by atoms with van der Waals surface area (Å²) < 4.78 is 28.4. The van der Waals surface area contributed by atoms with Gasteiger partial charge in [0.25, 0.3) is 15.7 Å². The van der Waals surface area contributed by atoms with Gasteiger partial charge in [0, 0.05) is 22.8 Å². The van der Waals surface area contributed by atoms with Crippen LogP contribution in [-0.4, -0.2) is 13.3 Å². The van der Waals surface area contributed by atoms with Gasteiger partial charge in [-0.2, -0.15) is 0 Å². The van der Waals surface area contributed by atoms with Gasteiger partial charge in [-0.15, -0.1) is 0 Å². The van der Waals surface area contributed by atoms with E-state index in [1.807, 2.05) is 38.1 Å². The van der Waals surface area contributed by atoms with Crippen molar-refractivity contribution in [3.05, 3.63) is 104 Å². The molecule has 0 aliphatic rings. The molecule has 0 unspecified atom stereocenters. The average molecular weight is 502 g/mol. The van der Waals surface area contributed by atoms with Crippen LogP contribution in [0, 0.1) is 24.0 Å². The molecule has 0 amide bonds. The molecule has 7 nitrogen and oxygen atoms in total. The molecule has 0 spiro atoms. The van der Waals surface area contributed by atoms with Gasteiger partial charge >= 0.3 is 0 Å². The second kappa shape index (κ2) is 9.32. The van der Waals surface area contributed by atoms with Crippen molar-refractivity contribution in [2.45, 2.75) is 18.7 Å². The molecule has 3 rings (SSSR count). The first kappa shape index (κ1) is 22.5. The number of rotatable bonds is 7. The molecule has 0 saturated heterocycles. The van der Waals surface area contributed by atoms with Gasteiger partial charge in [-0.3, -0.25) is 14.8 Å². The Kier molecular flexibility index (Phi) is 6.77. The monoisotopic (exact) mass is 501 g/mol. The largest absolute Gasteiger partial charge is 0.353 e. The van der Waals surface area contributed by atoms with Crippen LogP contribution in [0.15, 0.2) is 82.3 Å². The zero-order valence-corrected chi connectivity index (χ0v) is 19.2. The number of nitro groups is 1. The van der Waals surface area contributed by atoms with Gasteiger partial charge in [-0.1, -0.05) is 47.5 Å². The maximum atomic E-state index is 12.7. The van der Waals surface area contributed by atoms with E-state index in [0.717, 1.165) is 16.7 Å². The highest BCUT2D eigenvalue weighted by atomic mass is 79.9. The Morgan fingerprint density at radius 3 is 2.10 bits per heavy atom. The van der Waals surface area contributed by atoms with E-state index in [-0.39, 0.29) is 10.6 Å². The SMILES string of the molecule is Cc1ccc(/C(=C/NS(=O)(=O)c2ccc(C)cc2)Nc2ccc([N+](=O)[O-])cc2Br)cc1. The van der Waals surface area contributed by atoms with E-state index in [1.165, 1.54) is 30.5 Å². The van der Waals surface area contributed by atoms with Gasteiger partial charge < -0.3 is 5.32 Å². The highest BCUT2D eigenvalue weighted by Gasteiger charge is 2.14. The summed E-state index contributed by atoms with van der Waals surface area (Å²) in [5.74, 6) is 0. The summed E-state index contributed by atoms with van der Waals surface area (Å²) in [6.45, 7) is 3.83. The third-order valence-corrected chi connectivity index (χ3v) is 6.46. The minimum atomic E-state index is -3.78. The normalized spacial score (nSPS) is 11.8. The number of benzene rings is 3. The summed E-state index contributed by atoms with van der Waals surface area (Å²) >= 11 is 3.33. The molecule has 9 heteroatoms. The van der Waals surface area contributed by atoms with E-state index >= 15 is 0 Å². The summed E-state index contributed by atoms with van der Waals surface area (Å²) in [4.78, 5) is 10.6. The number of hydrogen-bond acceptors (Lipinski definition) is 5. The predicted octanol–water partition coefficient (Wildman–Crippen LogP) is 5.36. The van der Waals surface area contributed by atoms with E-state index in [0.29, 0.717) is 15.9 Å². The fourth-order valence-corrected chi connectivity index (χ4v) is 4.08. The number of non-ortho nitro benzene ring substituents is 1. The summed E-state index contributed by atoms with van der Waals surface area (Å²) in [5, 5.41) is 14.1. The molecule has 0 atom stereocenters. The number of nitrogens with zero attached hydrogens (tertiary/aromatic N) is 1. The summed E-state index contributed by atoms with van der Waals surface area (Å²) in [6, 6.07) is 18.4. The van der Waals surface area contributed by atoms with Crippen LogP contribution >= 0.6 is 15.9 Å². The molecule has 0 fully saturated rings. The van der Waals surface area contributed by atoms with Crippen molar-refractivity contribution in [2.24, 2.45) is 0 Å². The van der Waals surface area contributed by atoms with Crippen LogP contribution in [0.3, 0.4) is 0 Å². The van der Waals surface area contributed by atoms with Gasteiger partial charge in [-0.25, -0.2) is 8.42 Å². The predicted molar refractivity (Wildman–Crippen MR) is 125 cm³/mol. The van der Waals surface area contributed by atoms with Crippen LogP contribution in [-0.2, 0) is 10.0 Å². The van der Waals surface area contributed by atoms with Gasteiger partial charge in [0.05, 0.1) is 21.2 Å². The quantitative estimate of drug-likeness (QED) is 0.335. The van der Waals surface area contributed by atoms with Crippen molar-refractivity contribution in [1.29, 1.82) is 0 Å². The highest BCUT2D eigenvalue weighted by Crippen LogP contribution is 2.30. The Hall–Kier alpha value is -3.17. The molecule has 0 aromatic heterocycles. The minimum Gasteiger partial charge on any atom is -0.353 e. The first-order valence-corrected chi connectivity index (χ1v) is 11.5. The Bertz CT molecular complexity index is 1240. The van der Waals surface area contributed by atoms with Crippen LogP contribution in [0.5, 0.6) is 0 Å².